The maximum atomic E-state index is 13.5. The van der Waals surface area contributed by atoms with Crippen LogP contribution in [0.4, 0.5) is 17.6 Å². The van der Waals surface area contributed by atoms with Crippen molar-refractivity contribution in [1.82, 2.24) is 5.32 Å². The summed E-state index contributed by atoms with van der Waals surface area (Å²) in [5.41, 5.74) is -0.773. The highest BCUT2D eigenvalue weighted by Crippen LogP contribution is 2.44. The Balaban J connectivity index is 0.00000133. The van der Waals surface area contributed by atoms with E-state index in [2.05, 4.69) is 5.32 Å². The summed E-state index contributed by atoms with van der Waals surface area (Å²) < 4.78 is 56.7. The summed E-state index contributed by atoms with van der Waals surface area (Å²) in [6.07, 6.45) is -3.19. The van der Waals surface area contributed by atoms with Crippen LogP contribution in [0.25, 0.3) is 0 Å². The van der Waals surface area contributed by atoms with E-state index in [1.807, 2.05) is 0 Å². The van der Waals surface area contributed by atoms with Gasteiger partial charge in [0.1, 0.15) is 17.7 Å². The van der Waals surface area contributed by atoms with E-state index in [4.69, 9.17) is 4.74 Å². The van der Waals surface area contributed by atoms with Gasteiger partial charge in [-0.2, -0.15) is 13.2 Å². The standard InChI is InChI=1S/C12H11F4NO.ClH/c13-8-4-6-10(5-7(8)12(14,15)16)18-9-2-1-3-17-11(6)9;/h4-5,9,11,17H,1-3H2;1H/t9-,11-;/m0./s1. The average molecular weight is 298 g/mol. The van der Waals surface area contributed by atoms with Gasteiger partial charge < -0.3 is 10.1 Å². The number of alkyl halides is 3. The van der Waals surface area contributed by atoms with Crippen LogP contribution in [-0.4, -0.2) is 12.6 Å². The third kappa shape index (κ3) is 2.39. The quantitative estimate of drug-likeness (QED) is 0.741. The van der Waals surface area contributed by atoms with Crippen molar-refractivity contribution in [2.24, 2.45) is 0 Å². The number of rotatable bonds is 0. The lowest BCUT2D eigenvalue weighted by Gasteiger charge is -2.25. The molecule has 1 saturated heterocycles. The third-order valence-corrected chi connectivity index (χ3v) is 3.42. The molecule has 0 saturated carbocycles. The smallest absolute Gasteiger partial charge is 0.419 e. The fraction of sp³-hybridized carbons (Fsp3) is 0.500. The maximum absolute atomic E-state index is 13.5. The second-order valence-electron chi connectivity index (χ2n) is 4.60. The van der Waals surface area contributed by atoms with Crippen LogP contribution < -0.4 is 10.1 Å². The minimum atomic E-state index is -4.69. The third-order valence-electron chi connectivity index (χ3n) is 3.42. The molecule has 106 valence electrons. The highest BCUT2D eigenvalue weighted by atomic mass is 35.5. The molecule has 0 unspecified atom stereocenters. The van der Waals surface area contributed by atoms with Gasteiger partial charge in [0.15, 0.2) is 0 Å². The first-order chi connectivity index (χ1) is 8.47. The Morgan fingerprint density at radius 1 is 1.26 bits per heavy atom. The van der Waals surface area contributed by atoms with E-state index >= 15 is 0 Å². The molecule has 3 rings (SSSR count). The summed E-state index contributed by atoms with van der Waals surface area (Å²) in [5, 5.41) is 3.15. The predicted octanol–water partition coefficient (Wildman–Crippen LogP) is 3.45. The Hall–Kier alpha value is -1.01. The second-order valence-corrected chi connectivity index (χ2v) is 4.60. The fourth-order valence-corrected chi connectivity index (χ4v) is 2.59. The van der Waals surface area contributed by atoms with Crippen LogP contribution in [0.5, 0.6) is 5.75 Å². The average Bonchev–Trinajstić information content (AvgIpc) is 2.65. The maximum Gasteiger partial charge on any atom is 0.419 e. The number of hydrogen-bond donors (Lipinski definition) is 1. The molecule has 0 amide bonds. The first kappa shape index (κ1) is 14.4. The lowest BCUT2D eigenvalue weighted by molar-refractivity contribution is -0.140. The topological polar surface area (TPSA) is 21.3 Å². The molecule has 1 aromatic carbocycles. The van der Waals surface area contributed by atoms with Gasteiger partial charge in [-0.1, -0.05) is 0 Å². The van der Waals surface area contributed by atoms with Crippen molar-refractivity contribution >= 4 is 12.4 Å². The Kier molecular flexibility index (Phi) is 3.66. The molecule has 2 heterocycles. The van der Waals surface area contributed by atoms with Crippen LogP contribution in [0.3, 0.4) is 0 Å². The van der Waals surface area contributed by atoms with Crippen molar-refractivity contribution in [3.8, 4) is 5.75 Å². The van der Waals surface area contributed by atoms with Crippen LogP contribution in [0, 0.1) is 5.82 Å². The van der Waals surface area contributed by atoms with Crippen molar-refractivity contribution in [1.29, 1.82) is 0 Å². The van der Waals surface area contributed by atoms with E-state index in [1.165, 1.54) is 0 Å². The monoisotopic (exact) mass is 297 g/mol. The zero-order chi connectivity index (χ0) is 12.9. The van der Waals surface area contributed by atoms with E-state index in [0.717, 1.165) is 31.5 Å². The second kappa shape index (κ2) is 4.83. The molecule has 0 radical (unpaired) electrons. The molecule has 2 atom stereocenters. The summed E-state index contributed by atoms with van der Waals surface area (Å²) >= 11 is 0. The van der Waals surface area contributed by atoms with Gasteiger partial charge in [-0.05, 0) is 31.5 Å². The van der Waals surface area contributed by atoms with Crippen molar-refractivity contribution < 1.29 is 22.3 Å². The van der Waals surface area contributed by atoms with Gasteiger partial charge in [-0.3, -0.25) is 0 Å². The predicted molar refractivity (Wildman–Crippen MR) is 63.0 cm³/mol. The fourth-order valence-electron chi connectivity index (χ4n) is 2.59. The SMILES string of the molecule is Cl.Fc1cc2c(cc1C(F)(F)F)O[C@H]1CCCN[C@@H]21. The Morgan fingerprint density at radius 3 is 2.68 bits per heavy atom. The number of ether oxygens (including phenoxy) is 1. The molecular formula is C12H12ClF4NO. The molecule has 0 bridgehead atoms. The Labute approximate surface area is 113 Å². The summed E-state index contributed by atoms with van der Waals surface area (Å²) in [6.45, 7) is 0.770. The number of fused-ring (bicyclic) bond motifs is 3. The Bertz CT molecular complexity index is 491. The zero-order valence-electron chi connectivity index (χ0n) is 9.76. The van der Waals surface area contributed by atoms with Gasteiger partial charge in [-0.15, -0.1) is 12.4 Å². The zero-order valence-corrected chi connectivity index (χ0v) is 10.6. The summed E-state index contributed by atoms with van der Waals surface area (Å²) in [7, 11) is 0. The minimum Gasteiger partial charge on any atom is -0.488 e. The number of halogens is 5. The summed E-state index contributed by atoms with van der Waals surface area (Å²) in [6, 6.07) is 1.52. The normalized spacial score (nSPS) is 25.1. The molecule has 2 aliphatic rings. The highest BCUT2D eigenvalue weighted by Gasteiger charge is 2.41. The lowest BCUT2D eigenvalue weighted by atomic mass is 9.96. The number of hydrogen-bond acceptors (Lipinski definition) is 2. The van der Waals surface area contributed by atoms with Crippen LogP contribution in [0.2, 0.25) is 0 Å². The van der Waals surface area contributed by atoms with E-state index in [1.54, 1.807) is 0 Å². The van der Waals surface area contributed by atoms with Gasteiger partial charge in [-0.25, -0.2) is 4.39 Å². The molecule has 0 aromatic heterocycles. The number of nitrogens with one attached hydrogen (secondary N) is 1. The van der Waals surface area contributed by atoms with E-state index in [9.17, 15) is 17.6 Å². The van der Waals surface area contributed by atoms with E-state index in [0.29, 0.717) is 5.56 Å². The molecule has 2 aliphatic heterocycles. The molecule has 0 aliphatic carbocycles. The molecule has 19 heavy (non-hydrogen) atoms. The van der Waals surface area contributed by atoms with Crippen LogP contribution in [0.15, 0.2) is 12.1 Å². The molecule has 2 nitrogen and oxygen atoms in total. The van der Waals surface area contributed by atoms with Crippen LogP contribution in [-0.2, 0) is 6.18 Å². The van der Waals surface area contributed by atoms with Gasteiger partial charge >= 0.3 is 6.18 Å². The molecule has 7 heteroatoms. The molecule has 0 spiro atoms. The van der Waals surface area contributed by atoms with Gasteiger partial charge in [0, 0.05) is 5.56 Å². The summed E-state index contributed by atoms with van der Waals surface area (Å²) in [5.74, 6) is -1.09. The molecular weight excluding hydrogens is 286 g/mol. The van der Waals surface area contributed by atoms with E-state index < -0.39 is 17.6 Å². The Morgan fingerprint density at radius 2 is 2.00 bits per heavy atom. The highest BCUT2D eigenvalue weighted by molar-refractivity contribution is 5.85. The van der Waals surface area contributed by atoms with Gasteiger partial charge in [0.25, 0.3) is 0 Å². The summed E-state index contributed by atoms with van der Waals surface area (Å²) in [4.78, 5) is 0. The van der Waals surface area contributed by atoms with Crippen molar-refractivity contribution in [3.05, 3.63) is 29.1 Å². The van der Waals surface area contributed by atoms with Crippen molar-refractivity contribution in [3.63, 3.8) is 0 Å². The molecule has 1 N–H and O–H groups in total. The number of piperidine rings is 1. The first-order valence-electron chi connectivity index (χ1n) is 5.77. The van der Waals surface area contributed by atoms with Crippen molar-refractivity contribution in [2.45, 2.75) is 31.2 Å². The van der Waals surface area contributed by atoms with E-state index in [-0.39, 0.29) is 30.3 Å². The van der Waals surface area contributed by atoms with Crippen LogP contribution >= 0.6 is 12.4 Å². The lowest BCUT2D eigenvalue weighted by Crippen LogP contribution is -2.36. The van der Waals surface area contributed by atoms with Crippen LogP contribution in [0.1, 0.15) is 30.0 Å². The largest absolute Gasteiger partial charge is 0.488 e. The molecule has 1 fully saturated rings. The minimum absolute atomic E-state index is 0. The van der Waals surface area contributed by atoms with Gasteiger partial charge in [0.2, 0.25) is 0 Å². The van der Waals surface area contributed by atoms with Crippen molar-refractivity contribution in [2.75, 3.05) is 6.54 Å². The first-order valence-corrected chi connectivity index (χ1v) is 5.77. The molecule has 1 aromatic rings. The van der Waals surface area contributed by atoms with Gasteiger partial charge in [0.05, 0.1) is 11.6 Å². The number of benzene rings is 1.